The van der Waals surface area contributed by atoms with Crippen molar-refractivity contribution in [2.24, 2.45) is 0 Å². The van der Waals surface area contributed by atoms with Crippen molar-refractivity contribution in [3.8, 4) is 0 Å². The topological polar surface area (TPSA) is 118 Å². The highest BCUT2D eigenvalue weighted by Gasteiger charge is 2.63. The normalized spacial score (nSPS) is 15.9. The molecule has 21 heteroatoms. The van der Waals surface area contributed by atoms with Crippen LogP contribution in [0.1, 0.15) is 101 Å². The zero-order valence-corrected chi connectivity index (χ0v) is 48.9. The van der Waals surface area contributed by atoms with Crippen LogP contribution in [0.15, 0.2) is 0 Å². The van der Waals surface area contributed by atoms with Gasteiger partial charge in [-0.2, -0.15) is 0 Å². The van der Waals surface area contributed by atoms with E-state index < -0.39 is 44.0 Å². The fourth-order valence-corrected chi connectivity index (χ4v) is 28.5. The molecule has 0 fully saturated rings. The van der Waals surface area contributed by atoms with Gasteiger partial charge in [-0.15, -0.1) is 0 Å². The minimum Gasteiger partial charge on any atom is -0.378 e. The van der Waals surface area contributed by atoms with Crippen LogP contribution in [0.4, 0.5) is 0 Å². The molecule has 0 aromatic carbocycles. The van der Waals surface area contributed by atoms with Crippen LogP contribution in [0, 0.1) is 0 Å². The molecule has 2 unspecified atom stereocenters. The first-order valence-electron chi connectivity index (χ1n) is 24.5. The van der Waals surface area contributed by atoms with Gasteiger partial charge in [-0.3, -0.25) is 0 Å². The first-order chi connectivity index (χ1) is 30.2. The number of hydrogen-bond acceptors (Lipinski definition) is 16. The molecule has 380 valence electrons. The highest BCUT2D eigenvalue weighted by molar-refractivity contribution is 6.85. The molecule has 0 radical (unpaired) electrons. The Kier molecular flexibility index (Phi) is 35.8. The van der Waals surface area contributed by atoms with E-state index in [0.717, 1.165) is 130 Å². The molecule has 63 heavy (non-hydrogen) atoms. The van der Waals surface area contributed by atoms with Gasteiger partial charge in [0.15, 0.2) is 0 Å². The van der Waals surface area contributed by atoms with E-state index in [1.165, 1.54) is 0 Å². The maximum Gasteiger partial charge on any atom is 0.493 e. The molecule has 0 aromatic rings. The quantitative estimate of drug-likeness (QED) is 0.0587. The fraction of sp³-hybridized carbons (Fsp3) is 1.00. The van der Waals surface area contributed by atoms with Gasteiger partial charge in [0.05, 0.1) is 0 Å². The summed E-state index contributed by atoms with van der Waals surface area (Å²) < 4.78 is 75.3. The van der Waals surface area contributed by atoms with Gasteiger partial charge in [0.25, 0.3) is 0 Å². The molecule has 0 bridgehead atoms. The van der Waals surface area contributed by atoms with Crippen molar-refractivity contribution >= 4 is 44.0 Å². The van der Waals surface area contributed by atoms with Gasteiger partial charge in [-0.05, 0) is 130 Å². The Hall–Kier alpha value is 0.444. The lowest BCUT2D eigenvalue weighted by Gasteiger charge is -2.45. The summed E-state index contributed by atoms with van der Waals surface area (Å²) in [7, 11) is -6.28. The van der Waals surface area contributed by atoms with Gasteiger partial charge >= 0.3 is 44.0 Å². The summed E-state index contributed by atoms with van der Waals surface area (Å²) in [5.74, 6) is 0. The van der Waals surface area contributed by atoms with E-state index in [0.29, 0.717) is 30.2 Å². The van der Waals surface area contributed by atoms with E-state index in [1.54, 1.807) is 49.8 Å². The maximum absolute atomic E-state index is 7.61. The molecule has 0 amide bonds. The molecule has 0 aliphatic heterocycles. The second-order valence-corrected chi connectivity index (χ2v) is 31.4. The Morgan fingerprint density at radius 3 is 0.524 bits per heavy atom. The predicted molar refractivity (Wildman–Crippen MR) is 268 cm³/mol. The summed E-state index contributed by atoms with van der Waals surface area (Å²) in [6, 6.07) is 2.72. The fourth-order valence-electron chi connectivity index (χ4n) is 8.01. The molecule has 0 aliphatic carbocycles. The third-order valence-corrected chi connectivity index (χ3v) is 31.8. The second-order valence-electron chi connectivity index (χ2n) is 15.9. The van der Waals surface area contributed by atoms with Crippen LogP contribution in [0.3, 0.4) is 0 Å². The van der Waals surface area contributed by atoms with Crippen molar-refractivity contribution in [3.63, 3.8) is 0 Å². The Labute approximate surface area is 394 Å². The summed E-state index contributed by atoms with van der Waals surface area (Å²) in [6.45, 7) is 35.8. The lowest BCUT2D eigenvalue weighted by molar-refractivity contribution is 0.0539. The van der Waals surface area contributed by atoms with Crippen LogP contribution >= 0.6 is 0 Å². The average molecular weight is 993 g/mol. The van der Waals surface area contributed by atoms with E-state index in [2.05, 4.69) is 93.7 Å². The van der Waals surface area contributed by atoms with E-state index in [9.17, 15) is 0 Å². The number of rotatable bonds is 45. The van der Waals surface area contributed by atoms with Gasteiger partial charge in [-0.25, -0.2) is 0 Å². The molecular weight excluding hydrogens is 891 g/mol. The number of nitrogens with zero attached hydrogens (tertiary/aromatic N) is 5. The first kappa shape index (κ1) is 63.4. The number of hydrogen-bond donors (Lipinski definition) is 0. The minimum absolute atomic E-state index is 0.488. The largest absolute Gasteiger partial charge is 0.493 e. The van der Waals surface area contributed by atoms with Gasteiger partial charge in [0.1, 0.15) is 0 Å². The van der Waals surface area contributed by atoms with Gasteiger partial charge in [-0.1, -0.05) is 69.2 Å². The zero-order chi connectivity index (χ0) is 47.8. The van der Waals surface area contributed by atoms with Crippen molar-refractivity contribution < 1.29 is 47.4 Å². The van der Waals surface area contributed by atoms with Crippen LogP contribution in [0.5, 0.6) is 0 Å². The summed E-state index contributed by atoms with van der Waals surface area (Å²) >= 11 is 0. The van der Waals surface area contributed by atoms with E-state index in [4.69, 9.17) is 47.4 Å². The lowest BCUT2D eigenvalue weighted by Crippen LogP contribution is -2.68. The zero-order valence-electron chi connectivity index (χ0n) is 43.9. The van der Waals surface area contributed by atoms with Crippen LogP contribution in [0.2, 0.25) is 30.2 Å². The van der Waals surface area contributed by atoms with Crippen LogP contribution < -0.4 is 0 Å². The molecule has 0 aromatic heterocycles. The maximum atomic E-state index is 7.61. The van der Waals surface area contributed by atoms with Crippen LogP contribution in [-0.2, 0) is 47.4 Å². The van der Waals surface area contributed by atoms with Crippen molar-refractivity contribution in [1.29, 1.82) is 0 Å². The molecule has 0 heterocycles. The van der Waals surface area contributed by atoms with Crippen molar-refractivity contribution in [1.82, 2.24) is 24.5 Å². The Morgan fingerprint density at radius 2 is 0.381 bits per heavy atom. The second kappa shape index (κ2) is 35.5. The molecule has 0 rings (SSSR count). The van der Waals surface area contributed by atoms with Crippen molar-refractivity contribution in [2.75, 3.05) is 148 Å². The van der Waals surface area contributed by atoms with Gasteiger partial charge < -0.3 is 71.9 Å². The van der Waals surface area contributed by atoms with Crippen molar-refractivity contribution in [3.05, 3.63) is 0 Å². The van der Waals surface area contributed by atoms with E-state index in [1.807, 2.05) is 0 Å². The highest BCUT2D eigenvalue weighted by atomic mass is 28.5. The first-order valence-corrected chi connectivity index (χ1v) is 34.2. The summed E-state index contributed by atoms with van der Waals surface area (Å²) in [5.41, 5.74) is 0. The standard InChI is InChI=1S/C42H101N5O11Si5/c1-18-43(19-2)33-28-38-59(48-11,49-12)55-61(52-15,40-30-35-45(22-5)23-6)57-63(54-17,42-32-37-47(26-9)27-10)58-62(53-16,41-31-36-46(24-7)25-8)56-60(50-13,51-14)39-29-34-44(20-3)21-4/h18-42H2,1-17H3. The van der Waals surface area contributed by atoms with Gasteiger partial charge in [0.2, 0.25) is 0 Å². The summed E-state index contributed by atoms with van der Waals surface area (Å²) in [5, 5.41) is 0. The summed E-state index contributed by atoms with van der Waals surface area (Å²) in [6.07, 6.45) is 3.98. The molecule has 16 nitrogen and oxygen atoms in total. The molecule has 0 spiro atoms. The monoisotopic (exact) mass is 992 g/mol. The Bertz CT molecular complexity index is 1010. The average Bonchev–Trinajstić information content (AvgIpc) is 3.32. The minimum atomic E-state index is -3.86. The molecule has 0 N–H and O–H groups in total. The predicted octanol–water partition coefficient (Wildman–Crippen LogP) is 6.93. The Morgan fingerprint density at radius 1 is 0.238 bits per heavy atom. The van der Waals surface area contributed by atoms with E-state index in [-0.39, 0.29) is 0 Å². The van der Waals surface area contributed by atoms with Gasteiger partial charge in [0, 0.05) is 80.0 Å². The van der Waals surface area contributed by atoms with E-state index >= 15 is 0 Å². The SMILES string of the molecule is CCN(CC)CCC[Si](OC)(OC)O[Si](CCCN(CC)CC)(OC)O[Si](CCCN(CC)CC)(OC)O[Si](CCCN(CC)CC)(OC)O[Si](CCCN(CC)CC)(OC)OC. The van der Waals surface area contributed by atoms with Crippen LogP contribution in [-0.4, -0.2) is 216 Å². The van der Waals surface area contributed by atoms with Crippen LogP contribution in [0.25, 0.3) is 0 Å². The Balaban J connectivity index is 7.83. The smallest absolute Gasteiger partial charge is 0.378 e. The highest BCUT2D eigenvalue weighted by Crippen LogP contribution is 2.37. The summed E-state index contributed by atoms with van der Waals surface area (Å²) in [4.78, 5) is 12.0. The molecule has 2 atom stereocenters. The molecule has 0 saturated carbocycles. The third-order valence-electron chi connectivity index (χ3n) is 12.7. The molecular formula is C42H101N5O11Si5. The third kappa shape index (κ3) is 22.6. The lowest BCUT2D eigenvalue weighted by atomic mass is 10.4. The molecule has 0 saturated heterocycles. The van der Waals surface area contributed by atoms with Crippen molar-refractivity contribution in [2.45, 2.75) is 132 Å². The molecule has 0 aliphatic rings.